The molecule has 1 fully saturated rings. The molecule has 1 N–H and O–H groups in total. The Bertz CT molecular complexity index is 484. The molecule has 0 aromatic heterocycles. The highest BCUT2D eigenvalue weighted by Crippen LogP contribution is 2.24. The van der Waals surface area contributed by atoms with Crippen LogP contribution in [0, 0.1) is 12.8 Å². The summed E-state index contributed by atoms with van der Waals surface area (Å²) in [4.78, 5) is 14.3. The van der Waals surface area contributed by atoms with E-state index in [4.69, 9.17) is 0 Å². The van der Waals surface area contributed by atoms with Crippen LogP contribution < -0.4 is 5.32 Å². The van der Waals surface area contributed by atoms with Gasteiger partial charge in [-0.15, -0.1) is 0 Å². The van der Waals surface area contributed by atoms with Gasteiger partial charge in [0.2, 0.25) is 5.91 Å². The van der Waals surface area contributed by atoms with Crippen molar-refractivity contribution < 1.29 is 4.79 Å². The molecule has 0 unspecified atom stereocenters. The normalized spacial score (nSPS) is 16.2. The largest absolute Gasteiger partial charge is 0.325 e. The molecule has 1 aliphatic rings. The van der Waals surface area contributed by atoms with Crippen LogP contribution in [0.2, 0.25) is 0 Å². The van der Waals surface area contributed by atoms with Crippen molar-refractivity contribution in [3.05, 3.63) is 28.2 Å². The highest BCUT2D eigenvalue weighted by atomic mass is 79.9. The minimum absolute atomic E-state index is 0.0683. The Morgan fingerprint density at radius 1 is 1.33 bits per heavy atom. The number of likely N-dealkylation sites (N-methyl/N-ethyl adjacent to an activating group) is 1. The fraction of sp³-hybridized carbons (Fsp3) is 0.588. The fourth-order valence-corrected chi connectivity index (χ4v) is 3.55. The predicted molar refractivity (Wildman–Crippen MR) is 91.6 cm³/mol. The Morgan fingerprint density at radius 3 is 2.71 bits per heavy atom. The summed E-state index contributed by atoms with van der Waals surface area (Å²) in [5.74, 6) is 0.838. The van der Waals surface area contributed by atoms with E-state index < -0.39 is 0 Å². The molecule has 4 heteroatoms. The van der Waals surface area contributed by atoms with E-state index in [0.29, 0.717) is 6.54 Å². The molecule has 0 atom stereocenters. The summed E-state index contributed by atoms with van der Waals surface area (Å²) in [6, 6.07) is 5.91. The average molecular weight is 353 g/mol. The Balaban J connectivity index is 1.80. The van der Waals surface area contributed by atoms with Crippen LogP contribution in [0.25, 0.3) is 0 Å². The molecule has 2 rings (SSSR count). The number of nitrogens with one attached hydrogen (secondary N) is 1. The van der Waals surface area contributed by atoms with E-state index in [1.165, 1.54) is 32.1 Å². The standard InChI is InChI=1S/C17H25BrN2O/c1-13-10-15(18)8-9-16(13)19-17(21)12-20(2)11-14-6-4-3-5-7-14/h8-10,14H,3-7,11-12H2,1-2H3,(H,19,21). The van der Waals surface area contributed by atoms with E-state index in [0.717, 1.165) is 28.2 Å². The highest BCUT2D eigenvalue weighted by molar-refractivity contribution is 9.10. The SMILES string of the molecule is Cc1cc(Br)ccc1NC(=O)CN(C)CC1CCCCC1. The third-order valence-electron chi connectivity index (χ3n) is 4.17. The molecule has 1 aromatic rings. The number of aryl methyl sites for hydroxylation is 1. The molecule has 0 radical (unpaired) electrons. The molecule has 1 saturated carbocycles. The molecule has 0 saturated heterocycles. The minimum Gasteiger partial charge on any atom is -0.325 e. The molecule has 3 nitrogen and oxygen atoms in total. The number of anilines is 1. The Labute approximate surface area is 136 Å². The van der Waals surface area contributed by atoms with Gasteiger partial charge in [-0.2, -0.15) is 0 Å². The summed E-state index contributed by atoms with van der Waals surface area (Å²) in [5, 5.41) is 3.00. The van der Waals surface area contributed by atoms with Gasteiger partial charge in [0.15, 0.2) is 0 Å². The minimum atomic E-state index is 0.0683. The average Bonchev–Trinajstić information content (AvgIpc) is 2.43. The molecule has 1 amide bonds. The van der Waals surface area contributed by atoms with Gasteiger partial charge in [-0.3, -0.25) is 9.69 Å². The van der Waals surface area contributed by atoms with Crippen LogP contribution in [-0.2, 0) is 4.79 Å². The summed E-state index contributed by atoms with van der Waals surface area (Å²) >= 11 is 3.44. The Hall–Kier alpha value is -0.870. The van der Waals surface area contributed by atoms with Crippen molar-refractivity contribution in [2.75, 3.05) is 25.5 Å². The van der Waals surface area contributed by atoms with E-state index in [1.807, 2.05) is 32.2 Å². The number of hydrogen-bond acceptors (Lipinski definition) is 2. The number of halogens is 1. The smallest absolute Gasteiger partial charge is 0.238 e. The van der Waals surface area contributed by atoms with Crippen molar-refractivity contribution in [3.63, 3.8) is 0 Å². The number of nitrogens with zero attached hydrogens (tertiary/aromatic N) is 1. The molecule has 0 bridgehead atoms. The lowest BCUT2D eigenvalue weighted by molar-refractivity contribution is -0.117. The van der Waals surface area contributed by atoms with Crippen molar-refractivity contribution in [1.82, 2.24) is 4.90 Å². The van der Waals surface area contributed by atoms with Gasteiger partial charge in [0.1, 0.15) is 0 Å². The number of carbonyl (C=O) groups is 1. The van der Waals surface area contributed by atoms with Crippen molar-refractivity contribution in [3.8, 4) is 0 Å². The number of rotatable bonds is 5. The van der Waals surface area contributed by atoms with E-state index >= 15 is 0 Å². The second-order valence-corrected chi connectivity index (χ2v) is 7.12. The summed E-state index contributed by atoms with van der Waals surface area (Å²) in [6.45, 7) is 3.50. The first kappa shape index (κ1) is 16.5. The van der Waals surface area contributed by atoms with Crippen LogP contribution in [0.5, 0.6) is 0 Å². The molecule has 1 aliphatic carbocycles. The number of benzene rings is 1. The zero-order valence-corrected chi connectivity index (χ0v) is 14.6. The van der Waals surface area contributed by atoms with Gasteiger partial charge in [-0.1, -0.05) is 35.2 Å². The van der Waals surface area contributed by atoms with Gasteiger partial charge in [0, 0.05) is 16.7 Å². The second kappa shape index (κ2) is 7.95. The maximum atomic E-state index is 12.1. The predicted octanol–water partition coefficient (Wildman–Crippen LogP) is 4.21. The Kier molecular flexibility index (Phi) is 6.24. The zero-order valence-electron chi connectivity index (χ0n) is 13.0. The van der Waals surface area contributed by atoms with Crippen LogP contribution in [0.4, 0.5) is 5.69 Å². The molecular weight excluding hydrogens is 328 g/mol. The fourth-order valence-electron chi connectivity index (χ4n) is 3.08. The zero-order chi connectivity index (χ0) is 15.2. The molecule has 21 heavy (non-hydrogen) atoms. The van der Waals surface area contributed by atoms with Crippen LogP contribution in [0.1, 0.15) is 37.7 Å². The maximum absolute atomic E-state index is 12.1. The first-order chi connectivity index (χ1) is 10.0. The van der Waals surface area contributed by atoms with Crippen molar-refractivity contribution in [1.29, 1.82) is 0 Å². The van der Waals surface area contributed by atoms with Crippen LogP contribution in [-0.4, -0.2) is 30.9 Å². The number of carbonyl (C=O) groups excluding carboxylic acids is 1. The molecule has 1 aromatic carbocycles. The lowest BCUT2D eigenvalue weighted by atomic mass is 9.89. The third kappa shape index (κ3) is 5.44. The second-order valence-electron chi connectivity index (χ2n) is 6.21. The van der Waals surface area contributed by atoms with E-state index in [2.05, 4.69) is 26.1 Å². The summed E-state index contributed by atoms with van der Waals surface area (Å²) in [6.07, 6.45) is 6.71. The van der Waals surface area contributed by atoms with Crippen LogP contribution in [0.3, 0.4) is 0 Å². The molecule has 0 spiro atoms. The Morgan fingerprint density at radius 2 is 2.05 bits per heavy atom. The van der Waals surface area contributed by atoms with Crippen LogP contribution >= 0.6 is 15.9 Å². The first-order valence-electron chi connectivity index (χ1n) is 7.79. The van der Waals surface area contributed by atoms with E-state index in [9.17, 15) is 4.79 Å². The summed E-state index contributed by atoms with van der Waals surface area (Å²) < 4.78 is 1.03. The van der Waals surface area contributed by atoms with Gasteiger partial charge in [-0.25, -0.2) is 0 Å². The lowest BCUT2D eigenvalue weighted by Crippen LogP contribution is -2.34. The maximum Gasteiger partial charge on any atom is 0.238 e. The van der Waals surface area contributed by atoms with Crippen molar-refractivity contribution >= 4 is 27.5 Å². The molecule has 0 heterocycles. The quantitative estimate of drug-likeness (QED) is 0.860. The number of amides is 1. The summed E-state index contributed by atoms with van der Waals surface area (Å²) in [5.41, 5.74) is 1.97. The van der Waals surface area contributed by atoms with Gasteiger partial charge in [0.25, 0.3) is 0 Å². The van der Waals surface area contributed by atoms with Gasteiger partial charge in [0.05, 0.1) is 6.54 Å². The third-order valence-corrected chi connectivity index (χ3v) is 4.66. The monoisotopic (exact) mass is 352 g/mol. The van der Waals surface area contributed by atoms with Gasteiger partial charge < -0.3 is 5.32 Å². The summed E-state index contributed by atoms with van der Waals surface area (Å²) in [7, 11) is 2.04. The van der Waals surface area contributed by atoms with E-state index in [1.54, 1.807) is 0 Å². The highest BCUT2D eigenvalue weighted by Gasteiger charge is 2.17. The molecule has 116 valence electrons. The van der Waals surface area contributed by atoms with Gasteiger partial charge >= 0.3 is 0 Å². The van der Waals surface area contributed by atoms with Crippen molar-refractivity contribution in [2.24, 2.45) is 5.92 Å². The van der Waals surface area contributed by atoms with E-state index in [-0.39, 0.29) is 5.91 Å². The lowest BCUT2D eigenvalue weighted by Gasteiger charge is -2.26. The number of hydrogen-bond donors (Lipinski definition) is 1. The van der Waals surface area contributed by atoms with Gasteiger partial charge in [-0.05, 0) is 56.5 Å². The first-order valence-corrected chi connectivity index (χ1v) is 8.58. The van der Waals surface area contributed by atoms with Crippen LogP contribution in [0.15, 0.2) is 22.7 Å². The topological polar surface area (TPSA) is 32.3 Å². The van der Waals surface area contributed by atoms with Crippen molar-refractivity contribution in [2.45, 2.75) is 39.0 Å². The molecular formula is C17H25BrN2O. The molecule has 0 aliphatic heterocycles.